The lowest BCUT2D eigenvalue weighted by Gasteiger charge is -2.23. The first-order chi connectivity index (χ1) is 7.60. The van der Waals surface area contributed by atoms with E-state index in [9.17, 15) is 4.79 Å². The van der Waals surface area contributed by atoms with Crippen molar-refractivity contribution in [3.63, 3.8) is 0 Å². The minimum absolute atomic E-state index is 0.0898. The zero-order valence-electron chi connectivity index (χ0n) is 10.0. The third-order valence-electron chi connectivity index (χ3n) is 2.52. The molecular weight excluding hydrogens is 266 g/mol. The maximum absolute atomic E-state index is 12.1. The van der Waals surface area contributed by atoms with E-state index in [0.717, 1.165) is 12.1 Å². The molecule has 0 saturated carbocycles. The summed E-state index contributed by atoms with van der Waals surface area (Å²) in [6, 6.07) is 8.03. The van der Waals surface area contributed by atoms with E-state index in [1.54, 1.807) is 0 Å². The first-order valence-electron chi connectivity index (χ1n) is 5.62. The maximum atomic E-state index is 12.1. The monoisotopic (exact) mass is 283 g/mol. The van der Waals surface area contributed by atoms with Crippen LogP contribution in [0.2, 0.25) is 0 Å². The summed E-state index contributed by atoms with van der Waals surface area (Å²) >= 11 is 3.41. The van der Waals surface area contributed by atoms with Gasteiger partial charge in [0.2, 0.25) is 5.91 Å². The van der Waals surface area contributed by atoms with Crippen LogP contribution in [0, 0.1) is 6.92 Å². The van der Waals surface area contributed by atoms with Crippen LogP contribution in [-0.4, -0.2) is 17.3 Å². The first kappa shape index (κ1) is 13.2. The second kappa shape index (κ2) is 6.04. The van der Waals surface area contributed by atoms with Crippen molar-refractivity contribution < 1.29 is 4.79 Å². The number of benzene rings is 1. The molecule has 0 radical (unpaired) electrons. The summed E-state index contributed by atoms with van der Waals surface area (Å²) in [4.78, 5) is 13.8. The van der Waals surface area contributed by atoms with Gasteiger partial charge in [0.25, 0.3) is 0 Å². The van der Waals surface area contributed by atoms with E-state index in [-0.39, 0.29) is 10.7 Å². The van der Waals surface area contributed by atoms with Gasteiger partial charge in [-0.05, 0) is 38.0 Å². The summed E-state index contributed by atoms with van der Waals surface area (Å²) in [5.41, 5.74) is 2.15. The molecule has 1 rings (SSSR count). The Morgan fingerprint density at radius 2 is 2.12 bits per heavy atom. The molecule has 0 aliphatic heterocycles. The summed E-state index contributed by atoms with van der Waals surface area (Å²) in [5, 5.41) is 0. The second-order valence-corrected chi connectivity index (χ2v) is 4.90. The number of hydrogen-bond acceptors (Lipinski definition) is 1. The highest BCUT2D eigenvalue weighted by Gasteiger charge is 2.20. The molecule has 16 heavy (non-hydrogen) atoms. The Kier molecular flexibility index (Phi) is 5.00. The van der Waals surface area contributed by atoms with Gasteiger partial charge in [-0.3, -0.25) is 4.79 Å². The van der Waals surface area contributed by atoms with Crippen LogP contribution in [-0.2, 0) is 4.79 Å². The number of halogens is 1. The average molecular weight is 284 g/mol. The molecule has 2 nitrogen and oxygen atoms in total. The lowest BCUT2D eigenvalue weighted by molar-refractivity contribution is -0.118. The van der Waals surface area contributed by atoms with Crippen molar-refractivity contribution in [2.45, 2.75) is 32.0 Å². The molecule has 3 heteroatoms. The third kappa shape index (κ3) is 3.08. The van der Waals surface area contributed by atoms with Gasteiger partial charge in [0, 0.05) is 12.2 Å². The van der Waals surface area contributed by atoms with E-state index >= 15 is 0 Å². The largest absolute Gasteiger partial charge is 0.312 e. The molecule has 1 atom stereocenters. The highest BCUT2D eigenvalue weighted by Crippen LogP contribution is 2.19. The smallest absolute Gasteiger partial charge is 0.240 e. The quantitative estimate of drug-likeness (QED) is 0.775. The molecule has 0 heterocycles. The van der Waals surface area contributed by atoms with E-state index in [0.29, 0.717) is 6.54 Å². The van der Waals surface area contributed by atoms with Gasteiger partial charge in [-0.25, -0.2) is 0 Å². The Morgan fingerprint density at radius 3 is 2.62 bits per heavy atom. The summed E-state index contributed by atoms with van der Waals surface area (Å²) in [5.74, 6) is 0.135. The van der Waals surface area contributed by atoms with Gasteiger partial charge in [0.1, 0.15) is 0 Å². The van der Waals surface area contributed by atoms with E-state index in [2.05, 4.69) is 15.9 Å². The SMILES string of the molecule is CC[C@H](Br)C(=O)N(CC)c1cccc(C)c1. The Hall–Kier alpha value is -0.830. The van der Waals surface area contributed by atoms with E-state index in [4.69, 9.17) is 0 Å². The van der Waals surface area contributed by atoms with Gasteiger partial charge in [0.15, 0.2) is 0 Å². The second-order valence-electron chi connectivity index (χ2n) is 3.80. The topological polar surface area (TPSA) is 20.3 Å². The van der Waals surface area contributed by atoms with Crippen LogP contribution < -0.4 is 4.90 Å². The van der Waals surface area contributed by atoms with Crippen molar-refractivity contribution in [2.75, 3.05) is 11.4 Å². The molecular formula is C13H18BrNO. The summed E-state index contributed by atoms with van der Waals surface area (Å²) < 4.78 is 0. The molecule has 88 valence electrons. The minimum Gasteiger partial charge on any atom is -0.312 e. The fraction of sp³-hybridized carbons (Fsp3) is 0.462. The summed E-state index contributed by atoms with van der Waals surface area (Å²) in [6.45, 7) is 6.73. The minimum atomic E-state index is -0.0898. The van der Waals surface area contributed by atoms with Crippen LogP contribution in [0.4, 0.5) is 5.69 Å². The van der Waals surface area contributed by atoms with Crippen molar-refractivity contribution in [3.05, 3.63) is 29.8 Å². The average Bonchev–Trinajstić information content (AvgIpc) is 2.29. The molecule has 0 N–H and O–H groups in total. The number of amides is 1. The van der Waals surface area contributed by atoms with Crippen molar-refractivity contribution in [3.8, 4) is 0 Å². The van der Waals surface area contributed by atoms with E-state index in [1.165, 1.54) is 5.56 Å². The number of hydrogen-bond donors (Lipinski definition) is 0. The van der Waals surface area contributed by atoms with Gasteiger partial charge >= 0.3 is 0 Å². The van der Waals surface area contributed by atoms with Crippen LogP contribution >= 0.6 is 15.9 Å². The van der Waals surface area contributed by atoms with Crippen LogP contribution in [0.5, 0.6) is 0 Å². The fourth-order valence-electron chi connectivity index (χ4n) is 1.61. The number of carbonyl (C=O) groups is 1. The Bertz CT molecular complexity index is 365. The molecule has 0 bridgehead atoms. The zero-order chi connectivity index (χ0) is 12.1. The standard InChI is InChI=1S/C13H18BrNO/c1-4-12(14)13(16)15(5-2)11-8-6-7-10(3)9-11/h6-9,12H,4-5H2,1-3H3/t12-/m0/s1. The van der Waals surface area contributed by atoms with E-state index < -0.39 is 0 Å². The molecule has 0 aliphatic carbocycles. The van der Waals surface area contributed by atoms with Crippen LogP contribution in [0.15, 0.2) is 24.3 Å². The van der Waals surface area contributed by atoms with Gasteiger partial charge < -0.3 is 4.90 Å². The highest BCUT2D eigenvalue weighted by atomic mass is 79.9. The number of nitrogens with zero attached hydrogens (tertiary/aromatic N) is 1. The normalized spacial score (nSPS) is 12.2. The van der Waals surface area contributed by atoms with Crippen LogP contribution in [0.3, 0.4) is 0 Å². The zero-order valence-corrected chi connectivity index (χ0v) is 11.6. The Labute approximate surface area is 106 Å². The lowest BCUT2D eigenvalue weighted by Crippen LogP contribution is -2.36. The molecule has 0 unspecified atom stereocenters. The van der Waals surface area contributed by atoms with Crippen LogP contribution in [0.1, 0.15) is 25.8 Å². The number of anilines is 1. The molecule has 1 amide bonds. The molecule has 0 aromatic heterocycles. The molecule has 0 saturated heterocycles. The molecule has 0 aliphatic rings. The molecule has 0 spiro atoms. The fourth-order valence-corrected chi connectivity index (χ4v) is 1.85. The predicted molar refractivity (Wildman–Crippen MR) is 72.2 cm³/mol. The van der Waals surface area contributed by atoms with Crippen molar-refractivity contribution >= 4 is 27.5 Å². The molecule has 1 aromatic carbocycles. The lowest BCUT2D eigenvalue weighted by atomic mass is 10.2. The van der Waals surface area contributed by atoms with Crippen molar-refractivity contribution in [1.29, 1.82) is 0 Å². The number of carbonyl (C=O) groups excluding carboxylic acids is 1. The number of alkyl halides is 1. The third-order valence-corrected chi connectivity index (χ3v) is 3.56. The van der Waals surface area contributed by atoms with Crippen molar-refractivity contribution in [1.82, 2.24) is 0 Å². The summed E-state index contributed by atoms with van der Waals surface area (Å²) in [7, 11) is 0. The molecule has 0 fully saturated rings. The number of aryl methyl sites for hydroxylation is 1. The van der Waals surface area contributed by atoms with E-state index in [1.807, 2.05) is 49.9 Å². The molecule has 1 aromatic rings. The van der Waals surface area contributed by atoms with Gasteiger partial charge in [-0.1, -0.05) is 35.0 Å². The Morgan fingerprint density at radius 1 is 1.44 bits per heavy atom. The predicted octanol–water partition coefficient (Wildman–Crippen LogP) is 3.52. The number of rotatable bonds is 4. The van der Waals surface area contributed by atoms with Crippen molar-refractivity contribution in [2.24, 2.45) is 0 Å². The Balaban J connectivity index is 2.94. The van der Waals surface area contributed by atoms with Gasteiger partial charge in [-0.15, -0.1) is 0 Å². The first-order valence-corrected chi connectivity index (χ1v) is 6.53. The highest BCUT2D eigenvalue weighted by molar-refractivity contribution is 9.10. The van der Waals surface area contributed by atoms with Gasteiger partial charge in [-0.2, -0.15) is 0 Å². The van der Waals surface area contributed by atoms with Gasteiger partial charge in [0.05, 0.1) is 4.83 Å². The van der Waals surface area contributed by atoms with Crippen LogP contribution in [0.25, 0.3) is 0 Å². The summed E-state index contributed by atoms with van der Waals surface area (Å²) in [6.07, 6.45) is 0.807. The maximum Gasteiger partial charge on any atom is 0.240 e.